The van der Waals surface area contributed by atoms with Gasteiger partial charge in [-0.15, -0.1) is 0 Å². The molecule has 0 heterocycles. The Kier molecular flexibility index (Phi) is 3.12. The van der Waals surface area contributed by atoms with Crippen LogP contribution in [0.4, 0.5) is 0 Å². The number of rotatable bonds is 2. The van der Waals surface area contributed by atoms with Gasteiger partial charge in [-0.2, -0.15) is 5.26 Å². The van der Waals surface area contributed by atoms with Crippen LogP contribution in [0, 0.1) is 11.3 Å². The van der Waals surface area contributed by atoms with E-state index in [2.05, 4.69) is 0 Å². The summed E-state index contributed by atoms with van der Waals surface area (Å²) in [6.07, 6.45) is 2.34. The molecule has 1 aromatic carbocycles. The third-order valence-electron chi connectivity index (χ3n) is 1.84. The van der Waals surface area contributed by atoms with Gasteiger partial charge in [0.1, 0.15) is 0 Å². The standard InChI is InChI=1S/C10H10N2O2S/c1-15(13,14)9-4-2-8(3-5-9)10(12)6-7-11/h2-6H,12H2,1H3/b10-6-. The average Bonchev–Trinajstić information content (AvgIpc) is 2.17. The third-order valence-corrected chi connectivity index (χ3v) is 2.96. The van der Waals surface area contributed by atoms with Gasteiger partial charge in [0.15, 0.2) is 9.84 Å². The van der Waals surface area contributed by atoms with Gasteiger partial charge in [0.05, 0.1) is 11.0 Å². The van der Waals surface area contributed by atoms with E-state index in [0.29, 0.717) is 11.3 Å². The minimum Gasteiger partial charge on any atom is -0.398 e. The normalized spacial score (nSPS) is 12.1. The average molecular weight is 222 g/mol. The molecule has 4 nitrogen and oxygen atoms in total. The molecule has 2 N–H and O–H groups in total. The van der Waals surface area contributed by atoms with Crippen molar-refractivity contribution in [3.05, 3.63) is 35.9 Å². The Bertz CT molecular complexity index is 522. The van der Waals surface area contributed by atoms with Crippen LogP contribution in [0.1, 0.15) is 5.56 Å². The second-order valence-electron chi connectivity index (χ2n) is 3.03. The van der Waals surface area contributed by atoms with Gasteiger partial charge in [-0.1, -0.05) is 12.1 Å². The van der Waals surface area contributed by atoms with E-state index in [-0.39, 0.29) is 4.90 Å². The van der Waals surface area contributed by atoms with Crippen LogP contribution in [0.3, 0.4) is 0 Å². The highest BCUT2D eigenvalue weighted by molar-refractivity contribution is 7.90. The van der Waals surface area contributed by atoms with Gasteiger partial charge in [-0.3, -0.25) is 0 Å². The fourth-order valence-corrected chi connectivity index (χ4v) is 1.68. The molecule has 0 aromatic heterocycles. The van der Waals surface area contributed by atoms with Crippen molar-refractivity contribution in [2.24, 2.45) is 5.73 Å². The SMILES string of the molecule is CS(=O)(=O)c1ccc(/C(N)=C/C#N)cc1. The zero-order valence-electron chi connectivity index (χ0n) is 8.14. The Morgan fingerprint density at radius 2 is 1.93 bits per heavy atom. The third kappa shape index (κ3) is 2.82. The first-order chi connectivity index (χ1) is 6.95. The quantitative estimate of drug-likeness (QED) is 0.754. The van der Waals surface area contributed by atoms with Gasteiger partial charge >= 0.3 is 0 Å². The molecular formula is C10H10N2O2S. The molecule has 15 heavy (non-hydrogen) atoms. The van der Waals surface area contributed by atoms with Crippen LogP contribution in [0.2, 0.25) is 0 Å². The molecule has 1 aromatic rings. The van der Waals surface area contributed by atoms with Crippen molar-refractivity contribution in [1.82, 2.24) is 0 Å². The van der Waals surface area contributed by atoms with Crippen LogP contribution in [-0.2, 0) is 9.84 Å². The molecule has 0 aliphatic carbocycles. The zero-order valence-corrected chi connectivity index (χ0v) is 8.95. The fourth-order valence-electron chi connectivity index (χ4n) is 1.05. The first-order valence-corrected chi connectivity index (χ1v) is 6.00. The van der Waals surface area contributed by atoms with Crippen LogP contribution in [0.25, 0.3) is 5.70 Å². The number of sulfone groups is 1. The Balaban J connectivity index is 3.13. The topological polar surface area (TPSA) is 83.9 Å². The maximum atomic E-state index is 11.1. The van der Waals surface area contributed by atoms with E-state index in [1.165, 1.54) is 18.2 Å². The predicted octanol–water partition coefficient (Wildman–Crippen LogP) is 0.913. The van der Waals surface area contributed by atoms with Crippen molar-refractivity contribution in [2.45, 2.75) is 4.90 Å². The summed E-state index contributed by atoms with van der Waals surface area (Å²) < 4.78 is 22.3. The molecule has 0 saturated heterocycles. The van der Waals surface area contributed by atoms with E-state index in [4.69, 9.17) is 11.0 Å². The molecule has 78 valence electrons. The maximum absolute atomic E-state index is 11.1. The molecule has 1 rings (SSSR count). The number of nitrogens with zero attached hydrogens (tertiary/aromatic N) is 1. The Morgan fingerprint density at radius 3 is 2.33 bits per heavy atom. The maximum Gasteiger partial charge on any atom is 0.175 e. The van der Waals surface area contributed by atoms with Gasteiger partial charge in [0, 0.05) is 18.0 Å². The van der Waals surface area contributed by atoms with E-state index in [9.17, 15) is 8.42 Å². The van der Waals surface area contributed by atoms with Crippen molar-refractivity contribution in [1.29, 1.82) is 5.26 Å². The van der Waals surface area contributed by atoms with Crippen molar-refractivity contribution < 1.29 is 8.42 Å². The number of hydrogen-bond acceptors (Lipinski definition) is 4. The van der Waals surface area contributed by atoms with Gasteiger partial charge in [0.2, 0.25) is 0 Å². The summed E-state index contributed by atoms with van der Waals surface area (Å²) in [5, 5.41) is 8.38. The lowest BCUT2D eigenvalue weighted by Gasteiger charge is -2.01. The lowest BCUT2D eigenvalue weighted by atomic mass is 10.1. The highest BCUT2D eigenvalue weighted by atomic mass is 32.2. The fraction of sp³-hybridized carbons (Fsp3) is 0.100. The first kappa shape index (κ1) is 11.3. The monoisotopic (exact) mass is 222 g/mol. The Morgan fingerprint density at radius 1 is 1.40 bits per heavy atom. The summed E-state index contributed by atoms with van der Waals surface area (Å²) in [5.74, 6) is 0. The lowest BCUT2D eigenvalue weighted by molar-refractivity contribution is 0.602. The highest BCUT2D eigenvalue weighted by Gasteiger charge is 2.06. The molecule has 0 bridgehead atoms. The number of hydrogen-bond donors (Lipinski definition) is 1. The first-order valence-electron chi connectivity index (χ1n) is 4.11. The van der Waals surface area contributed by atoms with Crippen LogP contribution in [0.15, 0.2) is 35.2 Å². The number of nitriles is 1. The largest absolute Gasteiger partial charge is 0.398 e. The van der Waals surface area contributed by atoms with Gasteiger partial charge in [0.25, 0.3) is 0 Å². The van der Waals surface area contributed by atoms with E-state index < -0.39 is 9.84 Å². The van der Waals surface area contributed by atoms with E-state index in [1.807, 2.05) is 0 Å². The van der Waals surface area contributed by atoms with E-state index in [0.717, 1.165) is 6.26 Å². The number of nitrogens with two attached hydrogens (primary N) is 1. The van der Waals surface area contributed by atoms with Crippen LogP contribution in [0.5, 0.6) is 0 Å². The zero-order chi connectivity index (χ0) is 11.5. The van der Waals surface area contributed by atoms with Gasteiger partial charge in [-0.25, -0.2) is 8.42 Å². The van der Waals surface area contributed by atoms with Crippen molar-refractivity contribution >= 4 is 15.5 Å². The number of allylic oxidation sites excluding steroid dienone is 1. The molecule has 0 amide bonds. The molecule has 0 fully saturated rings. The summed E-state index contributed by atoms with van der Waals surface area (Å²) in [4.78, 5) is 0.232. The lowest BCUT2D eigenvalue weighted by Crippen LogP contribution is -1.99. The molecule has 0 atom stereocenters. The van der Waals surface area contributed by atoms with Crippen molar-refractivity contribution in [3.63, 3.8) is 0 Å². The van der Waals surface area contributed by atoms with E-state index in [1.54, 1.807) is 18.2 Å². The molecule has 0 aliphatic rings. The summed E-state index contributed by atoms with van der Waals surface area (Å²) >= 11 is 0. The molecule has 0 saturated carbocycles. The molecule has 0 unspecified atom stereocenters. The Hall–Kier alpha value is -1.80. The summed E-state index contributed by atoms with van der Waals surface area (Å²) in [7, 11) is -3.18. The van der Waals surface area contributed by atoms with Crippen molar-refractivity contribution in [2.75, 3.05) is 6.26 Å². The van der Waals surface area contributed by atoms with Gasteiger partial charge in [-0.05, 0) is 17.7 Å². The predicted molar refractivity (Wildman–Crippen MR) is 57.3 cm³/mol. The summed E-state index contributed by atoms with van der Waals surface area (Å²) in [5.41, 5.74) is 6.50. The molecular weight excluding hydrogens is 212 g/mol. The molecule has 5 heteroatoms. The van der Waals surface area contributed by atoms with Crippen LogP contribution >= 0.6 is 0 Å². The second kappa shape index (κ2) is 4.15. The number of benzene rings is 1. The Labute approximate surface area is 88.6 Å². The van der Waals surface area contributed by atoms with Crippen molar-refractivity contribution in [3.8, 4) is 6.07 Å². The van der Waals surface area contributed by atoms with Crippen LogP contribution < -0.4 is 5.73 Å². The summed E-state index contributed by atoms with van der Waals surface area (Å²) in [6.45, 7) is 0. The summed E-state index contributed by atoms with van der Waals surface area (Å²) in [6, 6.07) is 7.87. The van der Waals surface area contributed by atoms with Gasteiger partial charge < -0.3 is 5.73 Å². The smallest absolute Gasteiger partial charge is 0.175 e. The minimum absolute atomic E-state index is 0.232. The minimum atomic E-state index is -3.18. The van der Waals surface area contributed by atoms with E-state index >= 15 is 0 Å². The molecule has 0 radical (unpaired) electrons. The molecule has 0 aliphatic heterocycles. The highest BCUT2D eigenvalue weighted by Crippen LogP contribution is 2.13. The second-order valence-corrected chi connectivity index (χ2v) is 5.04. The van der Waals surface area contributed by atoms with Crippen LogP contribution in [-0.4, -0.2) is 14.7 Å². The molecule has 0 spiro atoms.